The van der Waals surface area contributed by atoms with E-state index in [0.717, 1.165) is 19.4 Å². The Morgan fingerprint density at radius 3 is 2.79 bits per heavy atom. The van der Waals surface area contributed by atoms with Crippen molar-refractivity contribution >= 4 is 22.4 Å². The minimum atomic E-state index is -0.0762. The second kappa shape index (κ2) is 7.40. The maximum Gasteiger partial charge on any atom is 0.308 e. The molecule has 0 bridgehead atoms. The SMILES string of the molecule is CC[C@H](C)C(=O)OC[C@@H]1C=C2c3cccc4c3c(cn4C(C)C)C[C@H]2N(C)C1. The third-order valence-electron chi connectivity index (χ3n) is 6.50. The maximum absolute atomic E-state index is 12.1. The summed E-state index contributed by atoms with van der Waals surface area (Å²) in [6.45, 7) is 9.85. The highest BCUT2D eigenvalue weighted by atomic mass is 16.5. The van der Waals surface area contributed by atoms with Crippen molar-refractivity contribution in [2.75, 3.05) is 20.2 Å². The van der Waals surface area contributed by atoms with Crippen molar-refractivity contribution in [1.29, 1.82) is 0 Å². The number of likely N-dealkylation sites (N-methyl/N-ethyl adjacent to an activating group) is 1. The van der Waals surface area contributed by atoms with Crippen LogP contribution in [-0.4, -0.2) is 41.7 Å². The molecule has 150 valence electrons. The van der Waals surface area contributed by atoms with Crippen LogP contribution in [0, 0.1) is 11.8 Å². The number of hydrogen-bond donors (Lipinski definition) is 0. The molecule has 1 aliphatic carbocycles. The molecule has 0 unspecified atom stereocenters. The zero-order valence-corrected chi connectivity index (χ0v) is 17.7. The van der Waals surface area contributed by atoms with Crippen LogP contribution in [0.3, 0.4) is 0 Å². The zero-order chi connectivity index (χ0) is 20.0. The summed E-state index contributed by atoms with van der Waals surface area (Å²) in [4.78, 5) is 14.5. The first-order chi connectivity index (χ1) is 13.4. The third kappa shape index (κ3) is 3.18. The second-order valence-corrected chi connectivity index (χ2v) is 8.84. The van der Waals surface area contributed by atoms with Crippen molar-refractivity contribution in [3.63, 3.8) is 0 Å². The fourth-order valence-corrected chi connectivity index (χ4v) is 4.71. The number of hydrogen-bond acceptors (Lipinski definition) is 3. The van der Waals surface area contributed by atoms with Crippen LogP contribution in [-0.2, 0) is 16.0 Å². The highest BCUT2D eigenvalue weighted by Crippen LogP contribution is 2.42. The fourth-order valence-electron chi connectivity index (χ4n) is 4.71. The van der Waals surface area contributed by atoms with Crippen LogP contribution in [0.15, 0.2) is 30.5 Å². The molecule has 1 aromatic carbocycles. The smallest absolute Gasteiger partial charge is 0.308 e. The van der Waals surface area contributed by atoms with E-state index in [2.05, 4.69) is 60.8 Å². The van der Waals surface area contributed by atoms with Crippen LogP contribution in [0.2, 0.25) is 0 Å². The standard InChI is InChI=1S/C24H32N2O2/c1-6-16(4)24(27)28-14-17-10-20-19-8-7-9-21-23(19)18(13-26(21)15(2)3)11-22(20)25(5)12-17/h7-10,13,15-17,22H,6,11-12,14H2,1-5H3/t16-,17+,22+/m0/s1. The first-order valence-electron chi connectivity index (χ1n) is 10.6. The lowest BCUT2D eigenvalue weighted by atomic mass is 9.80. The molecule has 4 heteroatoms. The Bertz CT molecular complexity index is 924. The lowest BCUT2D eigenvalue weighted by molar-refractivity contribution is -0.149. The van der Waals surface area contributed by atoms with Gasteiger partial charge in [-0.25, -0.2) is 0 Å². The molecule has 0 N–H and O–H groups in total. The van der Waals surface area contributed by atoms with Gasteiger partial charge >= 0.3 is 5.97 Å². The molecule has 0 saturated carbocycles. The summed E-state index contributed by atoms with van der Waals surface area (Å²) >= 11 is 0. The van der Waals surface area contributed by atoms with E-state index in [1.807, 2.05) is 13.8 Å². The number of nitrogens with zero attached hydrogens (tertiary/aromatic N) is 2. The zero-order valence-electron chi connectivity index (χ0n) is 17.7. The van der Waals surface area contributed by atoms with Gasteiger partial charge in [0.2, 0.25) is 0 Å². The number of aromatic nitrogens is 1. The van der Waals surface area contributed by atoms with E-state index in [4.69, 9.17) is 4.74 Å². The summed E-state index contributed by atoms with van der Waals surface area (Å²) in [7, 11) is 2.20. The summed E-state index contributed by atoms with van der Waals surface area (Å²) < 4.78 is 8.03. The van der Waals surface area contributed by atoms with Crippen molar-refractivity contribution < 1.29 is 9.53 Å². The van der Waals surface area contributed by atoms with Crippen LogP contribution >= 0.6 is 0 Å². The molecule has 1 aliphatic heterocycles. The molecule has 2 heterocycles. The Morgan fingerprint density at radius 1 is 1.29 bits per heavy atom. The Morgan fingerprint density at radius 2 is 2.07 bits per heavy atom. The van der Waals surface area contributed by atoms with E-state index in [-0.39, 0.29) is 17.8 Å². The van der Waals surface area contributed by atoms with E-state index < -0.39 is 0 Å². The fraction of sp³-hybridized carbons (Fsp3) is 0.542. The average molecular weight is 381 g/mol. The Balaban J connectivity index is 1.68. The van der Waals surface area contributed by atoms with Gasteiger partial charge in [0.15, 0.2) is 0 Å². The predicted molar refractivity (Wildman–Crippen MR) is 114 cm³/mol. The molecule has 0 amide bonds. The molecule has 0 spiro atoms. The van der Waals surface area contributed by atoms with Gasteiger partial charge in [0.05, 0.1) is 12.5 Å². The second-order valence-electron chi connectivity index (χ2n) is 8.84. The largest absolute Gasteiger partial charge is 0.465 e. The minimum absolute atomic E-state index is 0.0245. The Labute approximate surface area is 168 Å². The monoisotopic (exact) mass is 380 g/mol. The molecule has 4 rings (SSSR count). The van der Waals surface area contributed by atoms with Crippen LogP contribution < -0.4 is 0 Å². The summed E-state index contributed by atoms with van der Waals surface area (Å²) in [6, 6.07) is 7.53. The highest BCUT2D eigenvalue weighted by molar-refractivity contribution is 5.98. The topological polar surface area (TPSA) is 34.5 Å². The first kappa shape index (κ1) is 19.3. The van der Waals surface area contributed by atoms with Crippen LogP contribution in [0.4, 0.5) is 0 Å². The molecule has 2 aromatic rings. The van der Waals surface area contributed by atoms with E-state index in [1.54, 1.807) is 0 Å². The third-order valence-corrected chi connectivity index (χ3v) is 6.50. The van der Waals surface area contributed by atoms with Crippen LogP contribution in [0.1, 0.15) is 51.3 Å². The molecule has 3 atom stereocenters. The molecule has 2 aliphatic rings. The number of esters is 1. The quantitative estimate of drug-likeness (QED) is 0.706. The van der Waals surface area contributed by atoms with Gasteiger partial charge < -0.3 is 9.30 Å². The molecule has 1 aromatic heterocycles. The number of carbonyl (C=O) groups excluding carboxylic acids is 1. The molecule has 0 saturated heterocycles. The minimum Gasteiger partial charge on any atom is -0.465 e. The number of rotatable bonds is 5. The highest BCUT2D eigenvalue weighted by Gasteiger charge is 2.34. The average Bonchev–Trinajstić information content (AvgIpc) is 3.06. The van der Waals surface area contributed by atoms with Crippen molar-refractivity contribution in [3.8, 4) is 0 Å². The summed E-state index contributed by atoms with van der Waals surface area (Å²) in [5, 5.41) is 1.41. The summed E-state index contributed by atoms with van der Waals surface area (Å²) in [5.41, 5.74) is 5.54. The van der Waals surface area contributed by atoms with Gasteiger partial charge in [-0.2, -0.15) is 0 Å². The number of carbonyl (C=O) groups is 1. The molecule has 28 heavy (non-hydrogen) atoms. The molecule has 0 radical (unpaired) electrons. The van der Waals surface area contributed by atoms with E-state index in [0.29, 0.717) is 18.7 Å². The van der Waals surface area contributed by atoms with Crippen molar-refractivity contribution in [3.05, 3.63) is 41.6 Å². The van der Waals surface area contributed by atoms with Gasteiger partial charge in [0.1, 0.15) is 0 Å². The molecule has 4 nitrogen and oxygen atoms in total. The number of fused-ring (bicyclic) bond motifs is 2. The molecular formula is C24H32N2O2. The Kier molecular flexibility index (Phi) is 5.09. The number of benzene rings is 1. The van der Waals surface area contributed by atoms with Crippen molar-refractivity contribution in [2.45, 2.75) is 52.6 Å². The van der Waals surface area contributed by atoms with Gasteiger partial charge in [-0.05, 0) is 56.5 Å². The van der Waals surface area contributed by atoms with Crippen LogP contribution in [0.5, 0.6) is 0 Å². The summed E-state index contributed by atoms with van der Waals surface area (Å²) in [5.74, 6) is 0.143. The normalized spacial score (nSPS) is 22.9. The number of ether oxygens (including phenoxy) is 1. The predicted octanol–water partition coefficient (Wildman–Crippen LogP) is 4.68. The van der Waals surface area contributed by atoms with Gasteiger partial charge in [-0.3, -0.25) is 9.69 Å². The van der Waals surface area contributed by atoms with Crippen molar-refractivity contribution in [1.82, 2.24) is 9.47 Å². The van der Waals surface area contributed by atoms with Gasteiger partial charge in [-0.1, -0.05) is 32.1 Å². The van der Waals surface area contributed by atoms with Crippen molar-refractivity contribution in [2.24, 2.45) is 11.8 Å². The van der Waals surface area contributed by atoms with E-state index >= 15 is 0 Å². The van der Waals surface area contributed by atoms with Gasteiger partial charge in [0.25, 0.3) is 0 Å². The van der Waals surface area contributed by atoms with E-state index in [9.17, 15) is 4.79 Å². The maximum atomic E-state index is 12.1. The lowest BCUT2D eigenvalue weighted by Gasteiger charge is -2.39. The van der Waals surface area contributed by atoms with E-state index in [1.165, 1.54) is 27.6 Å². The first-order valence-corrected chi connectivity index (χ1v) is 10.6. The molecular weight excluding hydrogens is 348 g/mol. The van der Waals surface area contributed by atoms with Crippen LogP contribution in [0.25, 0.3) is 16.5 Å². The van der Waals surface area contributed by atoms with Gasteiger partial charge in [0, 0.05) is 41.6 Å². The Hall–Kier alpha value is -2.07. The molecule has 0 fully saturated rings. The lowest BCUT2D eigenvalue weighted by Crippen LogP contribution is -2.43. The van der Waals surface area contributed by atoms with Gasteiger partial charge in [-0.15, -0.1) is 0 Å². The summed E-state index contributed by atoms with van der Waals surface area (Å²) in [6.07, 6.45) is 6.60.